The minimum Gasteiger partial charge on any atom is -0.248 e. The minimum absolute atomic E-state index is 0.0973. The first-order valence-electron chi connectivity index (χ1n) is 15.3. The first kappa shape index (κ1) is 23.9. The predicted molar refractivity (Wildman–Crippen MR) is 180 cm³/mol. The van der Waals surface area contributed by atoms with Gasteiger partial charge in [0.05, 0.1) is 34.3 Å². The third-order valence-corrected chi connectivity index (χ3v) is 9.77. The fraction of sp³-hybridized carbons (Fsp3) is 0.0476. The van der Waals surface area contributed by atoms with Crippen LogP contribution in [0.2, 0.25) is 0 Å². The summed E-state index contributed by atoms with van der Waals surface area (Å²) in [5.74, 6) is 0.195. The molecule has 8 aromatic rings. The Labute approximate surface area is 255 Å². The van der Waals surface area contributed by atoms with Crippen LogP contribution in [0.1, 0.15) is 45.5 Å². The number of hydrogen-bond acceptors (Lipinski definition) is 2. The molecule has 204 valence electrons. The third kappa shape index (κ3) is 3.20. The fourth-order valence-corrected chi connectivity index (χ4v) is 8.01. The van der Waals surface area contributed by atoms with E-state index in [0.717, 1.165) is 22.4 Å². The smallest absolute Gasteiger partial charge is 0.0897 e. The van der Waals surface area contributed by atoms with Gasteiger partial charge in [-0.15, -0.1) is 0 Å². The SMILES string of the molecule is c1ccc(-c2c3ccccc3c(-c3ccccc3)c3cc4nc5c(nc4cc23)C2c3ccccc3C5c3ccccc32)cc1. The quantitative estimate of drug-likeness (QED) is 0.197. The Morgan fingerprint density at radius 1 is 0.341 bits per heavy atom. The maximum absolute atomic E-state index is 5.50. The zero-order chi connectivity index (χ0) is 28.8. The largest absolute Gasteiger partial charge is 0.248 e. The Morgan fingerprint density at radius 3 is 1.07 bits per heavy atom. The van der Waals surface area contributed by atoms with E-state index in [0.29, 0.717) is 0 Å². The van der Waals surface area contributed by atoms with Crippen molar-refractivity contribution in [3.63, 3.8) is 0 Å². The van der Waals surface area contributed by atoms with Gasteiger partial charge in [0.2, 0.25) is 0 Å². The highest BCUT2D eigenvalue weighted by atomic mass is 14.9. The van der Waals surface area contributed by atoms with E-state index in [4.69, 9.17) is 9.97 Å². The van der Waals surface area contributed by atoms with Gasteiger partial charge in [0, 0.05) is 0 Å². The average Bonchev–Trinajstić information content (AvgIpc) is 3.09. The van der Waals surface area contributed by atoms with E-state index in [1.807, 2.05) is 0 Å². The van der Waals surface area contributed by atoms with Crippen molar-refractivity contribution in [2.45, 2.75) is 11.8 Å². The summed E-state index contributed by atoms with van der Waals surface area (Å²) in [5.41, 5.74) is 14.5. The summed E-state index contributed by atoms with van der Waals surface area (Å²) >= 11 is 0. The van der Waals surface area contributed by atoms with Crippen molar-refractivity contribution in [3.05, 3.63) is 179 Å². The van der Waals surface area contributed by atoms with Gasteiger partial charge in [-0.25, -0.2) is 9.97 Å². The Bertz CT molecular complexity index is 2230. The molecule has 0 saturated carbocycles. The van der Waals surface area contributed by atoms with Crippen LogP contribution in [-0.2, 0) is 0 Å². The Hall–Kier alpha value is -5.60. The molecule has 0 aliphatic heterocycles. The van der Waals surface area contributed by atoms with Gasteiger partial charge < -0.3 is 0 Å². The molecule has 0 saturated heterocycles. The molecule has 2 heteroatoms. The summed E-state index contributed by atoms with van der Waals surface area (Å²) in [6.07, 6.45) is 0. The van der Waals surface area contributed by atoms with E-state index >= 15 is 0 Å². The van der Waals surface area contributed by atoms with E-state index in [-0.39, 0.29) is 11.8 Å². The minimum atomic E-state index is 0.0973. The van der Waals surface area contributed by atoms with Crippen molar-refractivity contribution in [3.8, 4) is 22.3 Å². The highest BCUT2D eigenvalue weighted by Gasteiger charge is 2.43. The molecule has 0 fully saturated rings. The molecule has 3 aliphatic rings. The van der Waals surface area contributed by atoms with Crippen LogP contribution in [0.5, 0.6) is 0 Å². The summed E-state index contributed by atoms with van der Waals surface area (Å²) in [5, 5.41) is 4.91. The highest BCUT2D eigenvalue weighted by Crippen LogP contribution is 2.55. The molecular formula is C42H26N2. The van der Waals surface area contributed by atoms with Crippen LogP contribution in [0.4, 0.5) is 0 Å². The van der Waals surface area contributed by atoms with E-state index in [2.05, 4.69) is 146 Å². The molecule has 0 radical (unpaired) electrons. The van der Waals surface area contributed by atoms with Crippen LogP contribution in [0.3, 0.4) is 0 Å². The second-order valence-electron chi connectivity index (χ2n) is 12.0. The highest BCUT2D eigenvalue weighted by molar-refractivity contribution is 6.23. The second kappa shape index (κ2) is 8.95. The van der Waals surface area contributed by atoms with Crippen LogP contribution >= 0.6 is 0 Å². The summed E-state index contributed by atoms with van der Waals surface area (Å²) < 4.78 is 0. The van der Waals surface area contributed by atoms with Gasteiger partial charge in [-0.3, -0.25) is 0 Å². The lowest BCUT2D eigenvalue weighted by molar-refractivity contribution is 0.709. The molecule has 0 N–H and O–H groups in total. The Balaban J connectivity index is 1.35. The monoisotopic (exact) mass is 558 g/mol. The van der Waals surface area contributed by atoms with Gasteiger partial charge >= 0.3 is 0 Å². The van der Waals surface area contributed by atoms with Gasteiger partial charge in [0.15, 0.2) is 0 Å². The lowest BCUT2D eigenvalue weighted by Crippen LogP contribution is -2.29. The average molecular weight is 559 g/mol. The second-order valence-corrected chi connectivity index (χ2v) is 12.0. The zero-order valence-electron chi connectivity index (χ0n) is 23.9. The van der Waals surface area contributed by atoms with Crippen LogP contribution in [0.25, 0.3) is 54.8 Å². The summed E-state index contributed by atoms with van der Waals surface area (Å²) in [4.78, 5) is 11.0. The molecule has 44 heavy (non-hydrogen) atoms. The van der Waals surface area contributed by atoms with Crippen molar-refractivity contribution in [1.82, 2.24) is 9.97 Å². The fourth-order valence-electron chi connectivity index (χ4n) is 8.01. The van der Waals surface area contributed by atoms with Crippen LogP contribution in [-0.4, -0.2) is 9.97 Å². The lowest BCUT2D eigenvalue weighted by atomic mass is 9.64. The summed E-state index contributed by atoms with van der Waals surface area (Å²) in [7, 11) is 0. The molecule has 0 spiro atoms. The standard InChI is InChI=1S/C42H26N2/c1-3-13-25(14-4-1)37-27-17-7-8-18-28(27)38(26-15-5-2-6-16-26)34-24-36-35(23-33(34)37)43-41-39-29-19-9-11-21-31(29)40(42(41)44-36)32-22-12-10-20-30(32)39/h1-24,39-40H. The molecule has 0 atom stereocenters. The van der Waals surface area contributed by atoms with Gasteiger partial charge in [-0.1, -0.05) is 133 Å². The number of nitrogens with zero attached hydrogens (tertiary/aromatic N) is 2. The van der Waals surface area contributed by atoms with Gasteiger partial charge in [0.25, 0.3) is 0 Å². The van der Waals surface area contributed by atoms with E-state index < -0.39 is 0 Å². The Kier molecular flexibility index (Phi) is 4.86. The molecule has 2 nitrogen and oxygen atoms in total. The number of rotatable bonds is 2. The lowest BCUT2D eigenvalue weighted by Gasteiger charge is -2.40. The summed E-state index contributed by atoms with van der Waals surface area (Å²) in [6.45, 7) is 0. The molecule has 0 amide bonds. The molecule has 7 aromatic carbocycles. The first-order chi connectivity index (χ1) is 21.8. The third-order valence-electron chi connectivity index (χ3n) is 9.77. The van der Waals surface area contributed by atoms with Crippen molar-refractivity contribution in [2.24, 2.45) is 0 Å². The molecule has 2 bridgehead atoms. The molecule has 0 unspecified atom stereocenters. The van der Waals surface area contributed by atoms with Crippen molar-refractivity contribution < 1.29 is 0 Å². The number of benzene rings is 7. The van der Waals surface area contributed by atoms with Gasteiger partial charge in [-0.2, -0.15) is 0 Å². The van der Waals surface area contributed by atoms with E-state index in [9.17, 15) is 0 Å². The zero-order valence-corrected chi connectivity index (χ0v) is 23.9. The van der Waals surface area contributed by atoms with Crippen LogP contribution < -0.4 is 0 Å². The van der Waals surface area contributed by atoms with Crippen molar-refractivity contribution in [1.29, 1.82) is 0 Å². The number of hydrogen-bond donors (Lipinski definition) is 0. The number of aromatic nitrogens is 2. The predicted octanol–water partition coefficient (Wildman–Crippen LogP) is 10.3. The maximum atomic E-state index is 5.50. The summed E-state index contributed by atoms with van der Waals surface area (Å²) in [6, 6.07) is 52.8. The molecule has 11 rings (SSSR count). The topological polar surface area (TPSA) is 25.8 Å². The van der Waals surface area contributed by atoms with E-state index in [1.54, 1.807) is 0 Å². The maximum Gasteiger partial charge on any atom is 0.0897 e. The van der Waals surface area contributed by atoms with Gasteiger partial charge in [-0.05, 0) is 78.2 Å². The van der Waals surface area contributed by atoms with Crippen LogP contribution in [0, 0.1) is 0 Å². The van der Waals surface area contributed by atoms with Crippen LogP contribution in [0.15, 0.2) is 146 Å². The Morgan fingerprint density at radius 2 is 0.682 bits per heavy atom. The first-order valence-corrected chi connectivity index (χ1v) is 15.3. The molecule has 1 heterocycles. The number of fused-ring (bicyclic) bond motifs is 3. The molecule has 1 aromatic heterocycles. The normalized spacial score (nSPS) is 16.2. The molecule has 3 aliphatic carbocycles. The molecular weight excluding hydrogens is 532 g/mol. The van der Waals surface area contributed by atoms with Crippen molar-refractivity contribution >= 4 is 32.6 Å². The van der Waals surface area contributed by atoms with Gasteiger partial charge in [0.1, 0.15) is 0 Å². The van der Waals surface area contributed by atoms with E-state index in [1.165, 1.54) is 66.1 Å². The van der Waals surface area contributed by atoms with Crippen molar-refractivity contribution in [2.75, 3.05) is 0 Å².